The highest BCUT2D eigenvalue weighted by molar-refractivity contribution is 7.89. The lowest BCUT2D eigenvalue weighted by atomic mass is 10.1. The van der Waals surface area contributed by atoms with Gasteiger partial charge < -0.3 is 5.11 Å². The normalized spacial score (nSPS) is 12.7. The first-order valence-electron chi connectivity index (χ1n) is 6.03. The minimum Gasteiger partial charge on any atom is -0.392 e. The molecule has 9 heteroatoms. The number of hydrogen-bond acceptors (Lipinski definition) is 3. The second-order valence-electron chi connectivity index (χ2n) is 4.49. The Morgan fingerprint density at radius 1 is 1.29 bits per heavy atom. The molecule has 1 rings (SSSR count). The molecule has 2 N–H and O–H groups in total. The van der Waals surface area contributed by atoms with Gasteiger partial charge in [0.25, 0.3) is 0 Å². The quantitative estimate of drug-likeness (QED) is 0.621. The first kappa shape index (κ1) is 17.9. The van der Waals surface area contributed by atoms with E-state index in [0.29, 0.717) is 0 Å². The number of benzene rings is 1. The monoisotopic (exact) mass is 329 g/mol. The summed E-state index contributed by atoms with van der Waals surface area (Å²) in [5.41, 5.74) is -0.164. The third kappa shape index (κ3) is 5.25. The van der Waals surface area contributed by atoms with E-state index >= 15 is 0 Å². The van der Waals surface area contributed by atoms with Crippen LogP contribution in [0.15, 0.2) is 17.0 Å². The minimum absolute atomic E-state index is 0.0252. The third-order valence-electron chi connectivity index (χ3n) is 2.71. The Morgan fingerprint density at radius 2 is 1.90 bits per heavy atom. The van der Waals surface area contributed by atoms with E-state index in [4.69, 9.17) is 5.11 Å². The van der Waals surface area contributed by atoms with Crippen LogP contribution in [0.3, 0.4) is 0 Å². The van der Waals surface area contributed by atoms with Crippen LogP contribution >= 0.6 is 0 Å². The molecule has 120 valence electrons. The van der Waals surface area contributed by atoms with Crippen LogP contribution in [-0.2, 0) is 16.6 Å². The molecule has 0 amide bonds. The van der Waals surface area contributed by atoms with Gasteiger partial charge in [0.15, 0.2) is 0 Å². The highest BCUT2D eigenvalue weighted by Gasteiger charge is 2.26. The van der Waals surface area contributed by atoms with Gasteiger partial charge in [0.2, 0.25) is 10.0 Å². The zero-order valence-electron chi connectivity index (χ0n) is 11.2. The smallest absolute Gasteiger partial charge is 0.389 e. The molecular formula is C12H15F4NO3S. The van der Waals surface area contributed by atoms with Crippen molar-refractivity contribution in [2.24, 2.45) is 0 Å². The van der Waals surface area contributed by atoms with Crippen molar-refractivity contribution in [2.75, 3.05) is 6.54 Å². The predicted molar refractivity (Wildman–Crippen MR) is 67.5 cm³/mol. The number of alkyl halides is 3. The average Bonchev–Trinajstić information content (AvgIpc) is 2.36. The Kier molecular flexibility index (Phi) is 5.71. The van der Waals surface area contributed by atoms with Gasteiger partial charge in [0.05, 0.1) is 11.5 Å². The number of aliphatic hydroxyl groups is 1. The topological polar surface area (TPSA) is 66.4 Å². The second-order valence-corrected chi connectivity index (χ2v) is 6.25. The fraction of sp³-hybridized carbons (Fsp3) is 0.500. The average molecular weight is 329 g/mol. The van der Waals surface area contributed by atoms with Gasteiger partial charge in [0, 0.05) is 18.5 Å². The number of halogens is 4. The molecule has 0 aromatic heterocycles. The number of aliphatic hydroxyl groups excluding tert-OH is 1. The summed E-state index contributed by atoms with van der Waals surface area (Å²) in [6.45, 7) is 0.272. The molecule has 0 radical (unpaired) electrons. The minimum atomic E-state index is -4.35. The summed E-state index contributed by atoms with van der Waals surface area (Å²) in [7, 11) is -4.04. The molecule has 0 fully saturated rings. The van der Waals surface area contributed by atoms with Crippen molar-refractivity contribution in [1.29, 1.82) is 0 Å². The van der Waals surface area contributed by atoms with E-state index in [9.17, 15) is 26.0 Å². The predicted octanol–water partition coefficient (Wildman–Crippen LogP) is 2.25. The van der Waals surface area contributed by atoms with Crippen molar-refractivity contribution < 1.29 is 31.1 Å². The van der Waals surface area contributed by atoms with E-state index in [1.165, 1.54) is 6.92 Å². The van der Waals surface area contributed by atoms with Gasteiger partial charge >= 0.3 is 6.18 Å². The number of hydrogen-bond donors (Lipinski definition) is 2. The SMILES string of the molecule is Cc1cc(S(=O)(=O)NCCCC(F)(F)F)cc(CO)c1F. The van der Waals surface area contributed by atoms with Crippen LogP contribution in [0.5, 0.6) is 0 Å². The molecule has 0 heterocycles. The molecule has 21 heavy (non-hydrogen) atoms. The maximum Gasteiger partial charge on any atom is 0.389 e. The van der Waals surface area contributed by atoms with Gasteiger partial charge in [-0.2, -0.15) is 13.2 Å². The van der Waals surface area contributed by atoms with E-state index in [0.717, 1.165) is 12.1 Å². The van der Waals surface area contributed by atoms with E-state index < -0.39 is 41.5 Å². The van der Waals surface area contributed by atoms with Crippen molar-refractivity contribution in [3.63, 3.8) is 0 Å². The zero-order valence-corrected chi connectivity index (χ0v) is 12.0. The Labute approximate surface area is 119 Å². The van der Waals surface area contributed by atoms with Crippen LogP contribution in [0.25, 0.3) is 0 Å². The third-order valence-corrected chi connectivity index (χ3v) is 4.15. The molecule has 4 nitrogen and oxygen atoms in total. The number of rotatable bonds is 6. The van der Waals surface area contributed by atoms with E-state index in [1.54, 1.807) is 0 Å². The maximum absolute atomic E-state index is 13.5. The maximum atomic E-state index is 13.5. The summed E-state index contributed by atoms with van der Waals surface area (Å²) >= 11 is 0. The summed E-state index contributed by atoms with van der Waals surface area (Å²) in [6, 6.07) is 2.01. The molecule has 0 aliphatic carbocycles. The van der Waals surface area contributed by atoms with Gasteiger partial charge in [-0.05, 0) is 31.0 Å². The van der Waals surface area contributed by atoms with Crippen molar-refractivity contribution in [2.45, 2.75) is 37.4 Å². The van der Waals surface area contributed by atoms with Crippen LogP contribution < -0.4 is 4.72 Å². The molecule has 0 atom stereocenters. The van der Waals surface area contributed by atoms with Crippen molar-refractivity contribution in [3.05, 3.63) is 29.1 Å². The van der Waals surface area contributed by atoms with Crippen molar-refractivity contribution >= 4 is 10.0 Å². The fourth-order valence-electron chi connectivity index (χ4n) is 1.66. The number of nitrogens with one attached hydrogen (secondary N) is 1. The molecule has 0 spiro atoms. The molecule has 0 unspecified atom stereocenters. The molecule has 1 aromatic rings. The summed E-state index contributed by atoms with van der Waals surface area (Å²) in [6.07, 6.45) is -5.84. The van der Waals surface area contributed by atoms with Crippen molar-refractivity contribution in [3.8, 4) is 0 Å². The lowest BCUT2D eigenvalue weighted by Crippen LogP contribution is -2.26. The molecule has 0 aliphatic heterocycles. The van der Waals surface area contributed by atoms with E-state index in [2.05, 4.69) is 0 Å². The molecular weight excluding hydrogens is 314 g/mol. The molecule has 1 aromatic carbocycles. The lowest BCUT2D eigenvalue weighted by Gasteiger charge is -2.11. The standard InChI is InChI=1S/C12H15F4NO3S/c1-8-5-10(6-9(7-18)11(8)13)21(19,20)17-4-2-3-12(14,15)16/h5-6,17-18H,2-4,7H2,1H3. The first-order chi connectivity index (χ1) is 9.57. The van der Waals surface area contributed by atoms with E-state index in [1.807, 2.05) is 4.72 Å². The van der Waals surface area contributed by atoms with Gasteiger partial charge in [-0.15, -0.1) is 0 Å². The molecule has 0 saturated carbocycles. The van der Waals surface area contributed by atoms with Crippen LogP contribution in [-0.4, -0.2) is 26.2 Å². The van der Waals surface area contributed by atoms with Crippen LogP contribution in [0.4, 0.5) is 17.6 Å². The summed E-state index contributed by atoms with van der Waals surface area (Å²) in [4.78, 5) is -0.294. The fourth-order valence-corrected chi connectivity index (χ4v) is 2.86. The van der Waals surface area contributed by atoms with Crippen LogP contribution in [0, 0.1) is 12.7 Å². The Morgan fingerprint density at radius 3 is 2.43 bits per heavy atom. The number of aryl methyl sites for hydroxylation is 1. The molecule has 0 aliphatic rings. The summed E-state index contributed by atoms with van der Waals surface area (Å²) in [5.74, 6) is -0.714. The van der Waals surface area contributed by atoms with Crippen LogP contribution in [0.2, 0.25) is 0 Å². The zero-order chi connectivity index (χ0) is 16.3. The highest BCUT2D eigenvalue weighted by atomic mass is 32.2. The van der Waals surface area contributed by atoms with Gasteiger partial charge in [0.1, 0.15) is 5.82 Å². The Bertz CT molecular complexity index is 599. The highest BCUT2D eigenvalue weighted by Crippen LogP contribution is 2.22. The molecule has 0 bridgehead atoms. The second kappa shape index (κ2) is 6.71. The van der Waals surface area contributed by atoms with Crippen LogP contribution in [0.1, 0.15) is 24.0 Å². The Hall–Kier alpha value is -1.19. The number of sulfonamides is 1. The first-order valence-corrected chi connectivity index (χ1v) is 7.51. The largest absolute Gasteiger partial charge is 0.392 e. The van der Waals surface area contributed by atoms with E-state index in [-0.39, 0.29) is 22.6 Å². The lowest BCUT2D eigenvalue weighted by molar-refractivity contribution is -0.135. The molecule has 0 saturated heterocycles. The van der Waals surface area contributed by atoms with Gasteiger partial charge in [-0.3, -0.25) is 0 Å². The summed E-state index contributed by atoms with van der Waals surface area (Å²) < 4.78 is 75.1. The van der Waals surface area contributed by atoms with Gasteiger partial charge in [-0.25, -0.2) is 17.5 Å². The van der Waals surface area contributed by atoms with Crippen molar-refractivity contribution in [1.82, 2.24) is 4.72 Å². The summed E-state index contributed by atoms with van der Waals surface area (Å²) in [5, 5.41) is 8.96. The Balaban J connectivity index is 2.82. The van der Waals surface area contributed by atoms with Gasteiger partial charge in [-0.1, -0.05) is 0 Å².